The van der Waals surface area contributed by atoms with Crippen molar-refractivity contribution in [2.45, 2.75) is 6.42 Å². The number of fused-ring (bicyclic) bond motifs is 1. The van der Waals surface area contributed by atoms with Crippen LogP contribution in [0.4, 0.5) is 5.69 Å². The second kappa shape index (κ2) is 8.06. The number of carbonyl (C=O) groups excluding carboxylic acids is 2. The van der Waals surface area contributed by atoms with E-state index in [4.69, 9.17) is 4.74 Å². The molecule has 2 aliphatic heterocycles. The van der Waals surface area contributed by atoms with Gasteiger partial charge in [-0.05, 0) is 29.3 Å². The number of anilines is 1. The topological polar surface area (TPSA) is 61.9 Å². The third kappa shape index (κ3) is 3.96. The van der Waals surface area contributed by atoms with E-state index < -0.39 is 5.92 Å². The van der Waals surface area contributed by atoms with Crippen molar-refractivity contribution in [3.63, 3.8) is 0 Å². The molecule has 0 bridgehead atoms. The Hall–Kier alpha value is -2.44. The van der Waals surface area contributed by atoms with Crippen molar-refractivity contribution in [1.29, 1.82) is 0 Å². The molecule has 2 saturated heterocycles. The van der Waals surface area contributed by atoms with Crippen molar-refractivity contribution < 1.29 is 14.3 Å². The highest BCUT2D eigenvalue weighted by Crippen LogP contribution is 2.28. The van der Waals surface area contributed by atoms with Gasteiger partial charge in [0.25, 0.3) is 0 Å². The molecule has 2 aromatic rings. The van der Waals surface area contributed by atoms with E-state index in [0.717, 1.165) is 49.3 Å². The van der Waals surface area contributed by atoms with E-state index >= 15 is 0 Å². The van der Waals surface area contributed by atoms with Crippen LogP contribution >= 0.6 is 0 Å². The summed E-state index contributed by atoms with van der Waals surface area (Å²) >= 11 is 0. The lowest BCUT2D eigenvalue weighted by molar-refractivity contribution is -0.132. The Kier molecular flexibility index (Phi) is 5.36. The van der Waals surface area contributed by atoms with Crippen molar-refractivity contribution in [3.8, 4) is 0 Å². The van der Waals surface area contributed by atoms with Gasteiger partial charge in [0, 0.05) is 38.4 Å². The molecule has 0 aliphatic carbocycles. The van der Waals surface area contributed by atoms with Crippen LogP contribution < -0.4 is 10.2 Å². The van der Waals surface area contributed by atoms with E-state index in [0.29, 0.717) is 19.5 Å². The maximum absolute atomic E-state index is 12.8. The minimum absolute atomic E-state index is 0.103. The Labute approximate surface area is 159 Å². The van der Waals surface area contributed by atoms with Gasteiger partial charge in [0.2, 0.25) is 11.8 Å². The van der Waals surface area contributed by atoms with Crippen molar-refractivity contribution in [2.24, 2.45) is 5.92 Å². The van der Waals surface area contributed by atoms with Crippen LogP contribution in [0.15, 0.2) is 42.5 Å². The average Bonchev–Trinajstić information content (AvgIpc) is 3.10. The summed E-state index contributed by atoms with van der Waals surface area (Å²) in [5.41, 5.74) is 0.863. The number of benzene rings is 2. The van der Waals surface area contributed by atoms with Gasteiger partial charge in [-0.25, -0.2) is 0 Å². The van der Waals surface area contributed by atoms with Crippen molar-refractivity contribution >= 4 is 28.3 Å². The van der Waals surface area contributed by atoms with Crippen molar-refractivity contribution in [3.05, 3.63) is 42.5 Å². The van der Waals surface area contributed by atoms with E-state index in [2.05, 4.69) is 16.3 Å². The lowest BCUT2D eigenvalue weighted by Crippen LogP contribution is -2.43. The van der Waals surface area contributed by atoms with Crippen LogP contribution in [0, 0.1) is 5.92 Å². The Balaban J connectivity index is 1.35. The molecule has 2 aromatic carbocycles. The molecule has 1 N–H and O–H groups in total. The zero-order chi connectivity index (χ0) is 18.6. The number of hydrogen-bond donors (Lipinski definition) is 1. The first kappa shape index (κ1) is 17.9. The Morgan fingerprint density at radius 1 is 1.07 bits per heavy atom. The van der Waals surface area contributed by atoms with Crippen LogP contribution in [0.25, 0.3) is 10.8 Å². The average molecular weight is 367 g/mol. The van der Waals surface area contributed by atoms with Crippen LogP contribution in [0.1, 0.15) is 6.42 Å². The quantitative estimate of drug-likeness (QED) is 0.816. The highest BCUT2D eigenvalue weighted by molar-refractivity contribution is 6.10. The lowest BCUT2D eigenvalue weighted by atomic mass is 10.1. The van der Waals surface area contributed by atoms with Crippen molar-refractivity contribution in [2.75, 3.05) is 50.8 Å². The molecule has 0 radical (unpaired) electrons. The predicted molar refractivity (Wildman–Crippen MR) is 105 cm³/mol. The number of nitrogens with one attached hydrogen (secondary N) is 1. The van der Waals surface area contributed by atoms with Gasteiger partial charge in [-0.15, -0.1) is 0 Å². The largest absolute Gasteiger partial charge is 0.379 e. The van der Waals surface area contributed by atoms with Gasteiger partial charge in [-0.2, -0.15) is 0 Å². The zero-order valence-electron chi connectivity index (χ0n) is 15.4. The van der Waals surface area contributed by atoms with Crippen LogP contribution in [0.5, 0.6) is 0 Å². The number of ether oxygens (including phenoxy) is 1. The predicted octanol–water partition coefficient (Wildman–Crippen LogP) is 1.64. The molecule has 1 atom stereocenters. The third-order valence-electron chi connectivity index (χ3n) is 5.40. The van der Waals surface area contributed by atoms with E-state index in [1.54, 1.807) is 4.90 Å². The first-order valence-corrected chi connectivity index (χ1v) is 9.60. The second-order valence-corrected chi connectivity index (χ2v) is 7.11. The number of amides is 2. The number of hydrogen-bond acceptors (Lipinski definition) is 4. The highest BCUT2D eigenvalue weighted by atomic mass is 16.5. The fourth-order valence-corrected chi connectivity index (χ4v) is 3.81. The first-order valence-electron chi connectivity index (χ1n) is 9.60. The van der Waals surface area contributed by atoms with Gasteiger partial charge in [0.15, 0.2) is 0 Å². The van der Waals surface area contributed by atoms with Crippen LogP contribution in [0.3, 0.4) is 0 Å². The lowest BCUT2D eigenvalue weighted by Gasteiger charge is -2.26. The highest BCUT2D eigenvalue weighted by Gasteiger charge is 2.37. The van der Waals surface area contributed by atoms with Gasteiger partial charge in [0.1, 0.15) is 5.92 Å². The molecule has 142 valence electrons. The zero-order valence-corrected chi connectivity index (χ0v) is 15.4. The summed E-state index contributed by atoms with van der Waals surface area (Å²) in [6, 6.07) is 14.1. The molecular weight excluding hydrogens is 342 g/mol. The number of rotatable bonds is 5. The first-order chi connectivity index (χ1) is 13.2. The van der Waals surface area contributed by atoms with Crippen LogP contribution in [0.2, 0.25) is 0 Å². The van der Waals surface area contributed by atoms with Gasteiger partial charge < -0.3 is 15.0 Å². The van der Waals surface area contributed by atoms with E-state index in [1.165, 1.54) is 0 Å². The minimum atomic E-state index is -0.582. The molecule has 6 heteroatoms. The molecular formula is C21H25N3O3. The molecule has 2 amide bonds. The third-order valence-corrected chi connectivity index (χ3v) is 5.40. The monoisotopic (exact) mass is 367 g/mol. The summed E-state index contributed by atoms with van der Waals surface area (Å²) in [6.07, 6.45) is 0.565. The smallest absolute Gasteiger partial charge is 0.239 e. The number of morpholine rings is 1. The molecule has 2 aliphatic rings. The maximum Gasteiger partial charge on any atom is 0.239 e. The number of carbonyl (C=O) groups is 2. The summed E-state index contributed by atoms with van der Waals surface area (Å²) in [4.78, 5) is 29.3. The summed E-state index contributed by atoms with van der Waals surface area (Å²) in [5.74, 6) is -0.841. The molecule has 0 spiro atoms. The molecule has 1 unspecified atom stereocenters. The Morgan fingerprint density at radius 3 is 2.67 bits per heavy atom. The van der Waals surface area contributed by atoms with Crippen LogP contribution in [-0.2, 0) is 14.3 Å². The fraction of sp³-hybridized carbons (Fsp3) is 0.429. The van der Waals surface area contributed by atoms with Gasteiger partial charge >= 0.3 is 0 Å². The SMILES string of the molecule is O=C(NCCN1CCOCC1)C1CCN(c2ccc3ccccc3c2)C1=O. The van der Waals surface area contributed by atoms with Gasteiger partial charge in [0.05, 0.1) is 13.2 Å². The molecule has 27 heavy (non-hydrogen) atoms. The van der Waals surface area contributed by atoms with Gasteiger partial charge in [-0.1, -0.05) is 30.3 Å². The Bertz CT molecular complexity index is 832. The summed E-state index contributed by atoms with van der Waals surface area (Å²) in [6.45, 7) is 5.23. The van der Waals surface area contributed by atoms with E-state index in [-0.39, 0.29) is 11.8 Å². The normalized spacial score (nSPS) is 21.0. The number of nitrogens with zero attached hydrogens (tertiary/aromatic N) is 2. The molecule has 0 saturated carbocycles. The molecule has 0 aromatic heterocycles. The molecule has 6 nitrogen and oxygen atoms in total. The summed E-state index contributed by atoms with van der Waals surface area (Å²) in [7, 11) is 0. The molecule has 2 heterocycles. The van der Waals surface area contributed by atoms with Crippen molar-refractivity contribution in [1.82, 2.24) is 10.2 Å². The van der Waals surface area contributed by atoms with Crippen LogP contribution in [-0.4, -0.2) is 62.7 Å². The summed E-state index contributed by atoms with van der Waals surface area (Å²) in [5, 5.41) is 5.18. The Morgan fingerprint density at radius 2 is 1.85 bits per heavy atom. The van der Waals surface area contributed by atoms with E-state index in [9.17, 15) is 9.59 Å². The molecule has 4 rings (SSSR count). The fourth-order valence-electron chi connectivity index (χ4n) is 3.81. The van der Waals surface area contributed by atoms with E-state index in [1.807, 2.05) is 36.4 Å². The maximum atomic E-state index is 12.8. The molecule has 2 fully saturated rings. The minimum Gasteiger partial charge on any atom is -0.379 e. The standard InChI is InChI=1S/C21H25N3O3/c25-20(22-8-10-23-11-13-27-14-12-23)19-7-9-24(21(19)26)18-6-5-16-3-1-2-4-17(16)15-18/h1-6,15,19H,7-14H2,(H,22,25). The summed E-state index contributed by atoms with van der Waals surface area (Å²) < 4.78 is 5.32. The second-order valence-electron chi connectivity index (χ2n) is 7.11. The van der Waals surface area contributed by atoms with Gasteiger partial charge in [-0.3, -0.25) is 14.5 Å².